The van der Waals surface area contributed by atoms with Gasteiger partial charge in [0.25, 0.3) is 0 Å². The smallest absolute Gasteiger partial charge is 0.319 e. The van der Waals surface area contributed by atoms with Gasteiger partial charge in [-0.05, 0) is 49.6 Å². The number of nitrogens with one attached hydrogen (secondary N) is 2. The fourth-order valence-corrected chi connectivity index (χ4v) is 2.51. The number of anilines is 1. The molecule has 2 N–H and O–H groups in total. The Morgan fingerprint density at radius 1 is 1.28 bits per heavy atom. The van der Waals surface area contributed by atoms with Crippen molar-refractivity contribution in [2.24, 2.45) is 0 Å². The van der Waals surface area contributed by atoms with Crippen molar-refractivity contribution >= 4 is 17.4 Å². The summed E-state index contributed by atoms with van der Waals surface area (Å²) in [5.74, 6) is 0.754. The first-order chi connectivity index (χ1) is 12.1. The maximum Gasteiger partial charge on any atom is 0.319 e. The van der Waals surface area contributed by atoms with Crippen LogP contribution in [-0.4, -0.2) is 34.3 Å². The molecule has 0 saturated carbocycles. The number of hydrogen-bond acceptors (Lipinski definition) is 4. The highest BCUT2D eigenvalue weighted by Gasteiger charge is 2.03. The van der Waals surface area contributed by atoms with Gasteiger partial charge in [-0.3, -0.25) is 0 Å². The molecule has 0 spiro atoms. The number of fused-ring (bicyclic) bond motifs is 1. The SMILES string of the molecule is COc1ccc(NC(=O)NCCCc2cnc3cc(C)nn3c2)cc1. The van der Waals surface area contributed by atoms with Crippen molar-refractivity contribution in [2.45, 2.75) is 19.8 Å². The van der Waals surface area contributed by atoms with Gasteiger partial charge in [-0.2, -0.15) is 5.10 Å². The number of amides is 2. The second-order valence-corrected chi connectivity index (χ2v) is 5.76. The molecule has 0 aliphatic carbocycles. The van der Waals surface area contributed by atoms with Gasteiger partial charge in [0, 0.05) is 30.7 Å². The van der Waals surface area contributed by atoms with Crippen LogP contribution in [0.5, 0.6) is 5.75 Å². The first kappa shape index (κ1) is 16.8. The van der Waals surface area contributed by atoms with Gasteiger partial charge in [0.2, 0.25) is 0 Å². The maximum atomic E-state index is 11.9. The second-order valence-electron chi connectivity index (χ2n) is 5.76. The summed E-state index contributed by atoms with van der Waals surface area (Å²) >= 11 is 0. The second kappa shape index (κ2) is 7.65. The van der Waals surface area contributed by atoms with Crippen molar-refractivity contribution in [3.63, 3.8) is 0 Å². The third-order valence-electron chi connectivity index (χ3n) is 3.76. The van der Waals surface area contributed by atoms with Gasteiger partial charge in [-0.1, -0.05) is 0 Å². The number of ether oxygens (including phenoxy) is 1. The molecule has 25 heavy (non-hydrogen) atoms. The van der Waals surface area contributed by atoms with Crippen LogP contribution in [0.1, 0.15) is 17.7 Å². The van der Waals surface area contributed by atoms with Gasteiger partial charge in [0.15, 0.2) is 5.65 Å². The monoisotopic (exact) mass is 339 g/mol. The van der Waals surface area contributed by atoms with Crippen molar-refractivity contribution in [2.75, 3.05) is 19.0 Å². The van der Waals surface area contributed by atoms with E-state index in [0.29, 0.717) is 6.54 Å². The molecule has 2 heterocycles. The van der Waals surface area contributed by atoms with E-state index in [1.165, 1.54) is 0 Å². The minimum absolute atomic E-state index is 0.221. The Balaban J connectivity index is 1.42. The molecule has 2 amide bonds. The predicted octanol–water partition coefficient (Wildman–Crippen LogP) is 2.80. The number of methoxy groups -OCH3 is 1. The summed E-state index contributed by atoms with van der Waals surface area (Å²) in [5, 5.41) is 9.99. The molecule has 0 radical (unpaired) electrons. The van der Waals surface area contributed by atoms with Crippen molar-refractivity contribution in [1.82, 2.24) is 19.9 Å². The first-order valence-corrected chi connectivity index (χ1v) is 8.14. The van der Waals surface area contributed by atoms with Crippen molar-refractivity contribution in [1.29, 1.82) is 0 Å². The van der Waals surface area contributed by atoms with Gasteiger partial charge in [0.1, 0.15) is 5.75 Å². The fourth-order valence-electron chi connectivity index (χ4n) is 2.51. The van der Waals surface area contributed by atoms with E-state index in [1.807, 2.05) is 25.4 Å². The van der Waals surface area contributed by atoms with E-state index in [-0.39, 0.29) is 6.03 Å². The molecule has 0 aliphatic heterocycles. The summed E-state index contributed by atoms with van der Waals surface area (Å²) in [7, 11) is 1.61. The lowest BCUT2D eigenvalue weighted by Gasteiger charge is -2.08. The lowest BCUT2D eigenvalue weighted by Crippen LogP contribution is -2.29. The van der Waals surface area contributed by atoms with Gasteiger partial charge >= 0.3 is 6.03 Å². The lowest BCUT2D eigenvalue weighted by molar-refractivity contribution is 0.252. The number of urea groups is 1. The van der Waals surface area contributed by atoms with Crippen LogP contribution < -0.4 is 15.4 Å². The topological polar surface area (TPSA) is 80.5 Å². The van der Waals surface area contributed by atoms with Crippen LogP contribution in [0, 0.1) is 6.92 Å². The van der Waals surface area contributed by atoms with E-state index >= 15 is 0 Å². The molecule has 0 atom stereocenters. The zero-order valence-electron chi connectivity index (χ0n) is 14.3. The summed E-state index contributed by atoms with van der Waals surface area (Å²) < 4.78 is 6.87. The molecule has 3 rings (SSSR count). The minimum Gasteiger partial charge on any atom is -0.497 e. The summed E-state index contributed by atoms with van der Waals surface area (Å²) in [4.78, 5) is 16.3. The van der Waals surface area contributed by atoms with Crippen molar-refractivity contribution in [3.05, 3.63) is 54.0 Å². The zero-order chi connectivity index (χ0) is 17.6. The number of aromatic nitrogens is 3. The molecule has 130 valence electrons. The van der Waals surface area contributed by atoms with Gasteiger partial charge in [0.05, 0.1) is 12.8 Å². The molecule has 0 bridgehead atoms. The molecule has 0 fully saturated rings. The molecule has 1 aromatic carbocycles. The highest BCUT2D eigenvalue weighted by Crippen LogP contribution is 2.14. The Hall–Kier alpha value is -3.09. The Morgan fingerprint density at radius 2 is 2.08 bits per heavy atom. The fraction of sp³-hybridized carbons (Fsp3) is 0.278. The third-order valence-corrected chi connectivity index (χ3v) is 3.76. The summed E-state index contributed by atoms with van der Waals surface area (Å²) in [5.41, 5.74) is 3.61. The lowest BCUT2D eigenvalue weighted by atomic mass is 10.2. The standard InChI is InChI=1S/C18H21N5O2/c1-13-10-17-20-11-14(12-23(17)22-13)4-3-9-19-18(24)21-15-5-7-16(25-2)8-6-15/h5-8,10-12H,3-4,9H2,1-2H3,(H2,19,21,24). The van der Waals surface area contributed by atoms with Gasteiger partial charge in [-0.25, -0.2) is 14.3 Å². The Morgan fingerprint density at radius 3 is 2.84 bits per heavy atom. The number of aryl methyl sites for hydroxylation is 2. The molecule has 7 heteroatoms. The predicted molar refractivity (Wildman–Crippen MR) is 96.1 cm³/mol. The number of carbonyl (C=O) groups is 1. The molecule has 7 nitrogen and oxygen atoms in total. The average molecular weight is 339 g/mol. The van der Waals surface area contributed by atoms with E-state index in [9.17, 15) is 4.79 Å². The highest BCUT2D eigenvalue weighted by atomic mass is 16.5. The van der Waals surface area contributed by atoms with Gasteiger partial charge in [-0.15, -0.1) is 0 Å². The molecule has 2 aromatic heterocycles. The Bertz CT molecular complexity index is 858. The van der Waals surface area contributed by atoms with Crippen molar-refractivity contribution in [3.8, 4) is 5.75 Å². The molecule has 0 saturated heterocycles. The van der Waals surface area contributed by atoms with Crippen molar-refractivity contribution < 1.29 is 9.53 Å². The highest BCUT2D eigenvalue weighted by molar-refractivity contribution is 5.89. The van der Waals surface area contributed by atoms with Crippen LogP contribution in [0.25, 0.3) is 5.65 Å². The zero-order valence-corrected chi connectivity index (χ0v) is 14.3. The molecular formula is C18H21N5O2. The molecule has 3 aromatic rings. The number of benzene rings is 1. The third kappa shape index (κ3) is 4.47. The largest absolute Gasteiger partial charge is 0.497 e. The number of carbonyl (C=O) groups excluding carboxylic acids is 1. The van der Waals surface area contributed by atoms with E-state index in [2.05, 4.69) is 20.7 Å². The van der Waals surface area contributed by atoms with E-state index < -0.39 is 0 Å². The van der Waals surface area contributed by atoms with Gasteiger partial charge < -0.3 is 15.4 Å². The van der Waals surface area contributed by atoms with E-state index in [1.54, 1.807) is 35.9 Å². The van der Waals surface area contributed by atoms with Crippen LogP contribution in [-0.2, 0) is 6.42 Å². The normalized spacial score (nSPS) is 10.6. The first-order valence-electron chi connectivity index (χ1n) is 8.14. The number of nitrogens with zero attached hydrogens (tertiary/aromatic N) is 3. The Labute approximate surface area is 146 Å². The van der Waals surface area contributed by atoms with Crippen LogP contribution >= 0.6 is 0 Å². The van der Waals surface area contributed by atoms with Crippen LogP contribution in [0.15, 0.2) is 42.7 Å². The minimum atomic E-state index is -0.221. The molecule has 0 aliphatic rings. The summed E-state index contributed by atoms with van der Waals surface area (Å²) in [6.07, 6.45) is 5.48. The average Bonchev–Trinajstić information content (AvgIpc) is 2.98. The summed E-state index contributed by atoms with van der Waals surface area (Å²) in [6, 6.07) is 8.92. The van der Waals surface area contributed by atoms with Crippen LogP contribution in [0.4, 0.5) is 10.5 Å². The van der Waals surface area contributed by atoms with E-state index in [0.717, 1.165) is 41.2 Å². The van der Waals surface area contributed by atoms with Crippen LogP contribution in [0.2, 0.25) is 0 Å². The maximum absolute atomic E-state index is 11.9. The molecular weight excluding hydrogens is 318 g/mol. The Kier molecular flexibility index (Phi) is 5.13. The number of hydrogen-bond donors (Lipinski definition) is 2. The quantitative estimate of drug-likeness (QED) is 0.677. The van der Waals surface area contributed by atoms with Crippen LogP contribution in [0.3, 0.4) is 0 Å². The van der Waals surface area contributed by atoms with E-state index in [4.69, 9.17) is 4.74 Å². The molecule has 0 unspecified atom stereocenters. The summed E-state index contributed by atoms with van der Waals surface area (Å²) in [6.45, 7) is 2.53. The number of rotatable bonds is 6.